The van der Waals surface area contributed by atoms with Gasteiger partial charge in [-0.05, 0) is 57.4 Å². The Labute approximate surface area is 196 Å². The van der Waals surface area contributed by atoms with Crippen LogP contribution in [0, 0.1) is 0 Å². The van der Waals surface area contributed by atoms with Gasteiger partial charge in [-0.2, -0.15) is 0 Å². The molecule has 0 bridgehead atoms. The predicted molar refractivity (Wildman–Crippen MR) is 129 cm³/mol. The van der Waals surface area contributed by atoms with Crippen molar-refractivity contribution in [3.8, 4) is 11.5 Å². The van der Waals surface area contributed by atoms with Crippen LogP contribution in [0.1, 0.15) is 49.7 Å². The van der Waals surface area contributed by atoms with Gasteiger partial charge in [-0.1, -0.05) is 12.1 Å². The summed E-state index contributed by atoms with van der Waals surface area (Å²) in [6, 6.07) is 12.3. The van der Waals surface area contributed by atoms with Gasteiger partial charge in [0.25, 0.3) is 5.91 Å². The van der Waals surface area contributed by atoms with Crippen LogP contribution in [0.3, 0.4) is 0 Å². The van der Waals surface area contributed by atoms with Gasteiger partial charge in [-0.25, -0.2) is 4.98 Å². The van der Waals surface area contributed by atoms with E-state index in [1.165, 1.54) is 6.07 Å². The molecule has 174 valence electrons. The van der Waals surface area contributed by atoms with E-state index in [9.17, 15) is 9.59 Å². The molecule has 9 nitrogen and oxygen atoms in total. The number of hydrogen-bond acceptors (Lipinski definition) is 7. The Morgan fingerprint density at radius 1 is 1.09 bits per heavy atom. The summed E-state index contributed by atoms with van der Waals surface area (Å²) in [7, 11) is 0. The normalized spacial score (nSPS) is 14.0. The lowest BCUT2D eigenvalue weighted by Gasteiger charge is -2.26. The third-order valence-corrected chi connectivity index (χ3v) is 5.98. The van der Waals surface area contributed by atoms with Crippen molar-refractivity contribution in [2.45, 2.75) is 39.2 Å². The minimum atomic E-state index is -0.277. The molecule has 1 aliphatic rings. The van der Waals surface area contributed by atoms with Gasteiger partial charge in [0.05, 0.1) is 11.1 Å². The fourth-order valence-electron chi connectivity index (χ4n) is 4.24. The minimum absolute atomic E-state index is 0.0738. The second-order valence-electron chi connectivity index (χ2n) is 8.70. The molecule has 3 aromatic heterocycles. The van der Waals surface area contributed by atoms with Crippen LogP contribution >= 0.6 is 0 Å². The first kappa shape index (κ1) is 21.8. The molecule has 1 saturated heterocycles. The summed E-state index contributed by atoms with van der Waals surface area (Å²) >= 11 is 0. The Kier molecular flexibility index (Phi) is 5.83. The van der Waals surface area contributed by atoms with Gasteiger partial charge in [0, 0.05) is 25.2 Å². The lowest BCUT2D eigenvalue weighted by atomic mass is 10.1. The van der Waals surface area contributed by atoms with Crippen LogP contribution in [0.2, 0.25) is 0 Å². The number of carbonyl (C=O) groups excluding carboxylic acids is 1. The standard InChI is InChI=1S/C25H26N6O3/c1-16(2)31-15-26-29-24(31)18-9-7-11-22(28-18)27-17-8-6-10-20-23(17)19(32)14-21(34-20)25(33)30-12-4-3-5-13-30/h6-11,14-16H,3-5,12-13H2,1-2H3,(H,27,28). The van der Waals surface area contributed by atoms with Crippen molar-refractivity contribution in [1.82, 2.24) is 24.6 Å². The number of benzene rings is 1. The first-order chi connectivity index (χ1) is 16.5. The number of fused-ring (bicyclic) bond motifs is 1. The van der Waals surface area contributed by atoms with Crippen LogP contribution in [-0.4, -0.2) is 43.6 Å². The third-order valence-electron chi connectivity index (χ3n) is 5.98. The Hall–Kier alpha value is -4.01. The maximum Gasteiger partial charge on any atom is 0.289 e. The smallest absolute Gasteiger partial charge is 0.289 e. The third kappa shape index (κ3) is 4.16. The Bertz CT molecular complexity index is 1400. The van der Waals surface area contributed by atoms with Gasteiger partial charge < -0.3 is 19.2 Å². The van der Waals surface area contributed by atoms with Crippen LogP contribution in [0.5, 0.6) is 0 Å². The van der Waals surface area contributed by atoms with E-state index in [0.717, 1.165) is 19.3 Å². The Balaban J connectivity index is 1.47. The van der Waals surface area contributed by atoms with E-state index in [0.29, 0.717) is 47.1 Å². The maximum absolute atomic E-state index is 13.1. The first-order valence-corrected chi connectivity index (χ1v) is 11.5. The van der Waals surface area contributed by atoms with Crippen molar-refractivity contribution in [3.63, 3.8) is 0 Å². The summed E-state index contributed by atoms with van der Waals surface area (Å²) in [5.41, 5.74) is 1.30. The molecule has 0 saturated carbocycles. The zero-order chi connectivity index (χ0) is 23.7. The first-order valence-electron chi connectivity index (χ1n) is 11.5. The molecule has 0 atom stereocenters. The quantitative estimate of drug-likeness (QED) is 0.472. The van der Waals surface area contributed by atoms with Crippen molar-refractivity contribution >= 4 is 28.4 Å². The number of aromatic nitrogens is 4. The highest BCUT2D eigenvalue weighted by Gasteiger charge is 2.22. The average molecular weight is 459 g/mol. The topological polar surface area (TPSA) is 106 Å². The zero-order valence-electron chi connectivity index (χ0n) is 19.2. The Morgan fingerprint density at radius 3 is 2.68 bits per heavy atom. The number of likely N-dealkylation sites (tertiary alicyclic amines) is 1. The van der Waals surface area contributed by atoms with Crippen LogP contribution < -0.4 is 10.7 Å². The van der Waals surface area contributed by atoms with E-state index in [-0.39, 0.29) is 23.1 Å². The van der Waals surface area contributed by atoms with E-state index in [1.54, 1.807) is 29.4 Å². The van der Waals surface area contributed by atoms with Crippen molar-refractivity contribution < 1.29 is 9.21 Å². The molecule has 4 aromatic rings. The van der Waals surface area contributed by atoms with Gasteiger partial charge in [0.1, 0.15) is 23.4 Å². The molecule has 0 unspecified atom stereocenters. The van der Waals surface area contributed by atoms with Gasteiger partial charge in [0.2, 0.25) is 0 Å². The summed E-state index contributed by atoms with van der Waals surface area (Å²) in [6.45, 7) is 5.48. The lowest BCUT2D eigenvalue weighted by Crippen LogP contribution is -2.35. The second kappa shape index (κ2) is 9.09. The number of nitrogens with zero attached hydrogens (tertiary/aromatic N) is 5. The van der Waals surface area contributed by atoms with Crippen molar-refractivity contribution in [2.24, 2.45) is 0 Å². The van der Waals surface area contributed by atoms with Crippen LogP contribution in [0.4, 0.5) is 11.5 Å². The van der Waals surface area contributed by atoms with Gasteiger partial charge in [0.15, 0.2) is 17.0 Å². The summed E-state index contributed by atoms with van der Waals surface area (Å²) in [6.07, 6.45) is 4.74. The van der Waals surface area contributed by atoms with Crippen molar-refractivity contribution in [3.05, 3.63) is 64.8 Å². The summed E-state index contributed by atoms with van der Waals surface area (Å²) in [5.74, 6) is 1.05. The maximum atomic E-state index is 13.1. The minimum Gasteiger partial charge on any atom is -0.451 e. The van der Waals surface area contributed by atoms with Gasteiger partial charge in [-0.15, -0.1) is 10.2 Å². The highest BCUT2D eigenvalue weighted by Crippen LogP contribution is 2.26. The molecule has 4 heterocycles. The number of amides is 1. The number of piperidine rings is 1. The van der Waals surface area contributed by atoms with E-state index < -0.39 is 0 Å². The average Bonchev–Trinajstić information content (AvgIpc) is 3.35. The van der Waals surface area contributed by atoms with Crippen LogP contribution in [0.25, 0.3) is 22.5 Å². The fourth-order valence-corrected chi connectivity index (χ4v) is 4.24. The lowest BCUT2D eigenvalue weighted by molar-refractivity contribution is 0.0692. The monoisotopic (exact) mass is 458 g/mol. The fraction of sp³-hybridized carbons (Fsp3) is 0.320. The molecule has 34 heavy (non-hydrogen) atoms. The molecule has 0 spiro atoms. The summed E-state index contributed by atoms with van der Waals surface area (Å²) in [4.78, 5) is 32.3. The highest BCUT2D eigenvalue weighted by atomic mass is 16.3. The number of anilines is 2. The molecule has 1 N–H and O–H groups in total. The molecular formula is C25H26N6O3. The molecule has 1 fully saturated rings. The second-order valence-corrected chi connectivity index (χ2v) is 8.70. The van der Waals surface area contributed by atoms with Gasteiger partial charge >= 0.3 is 0 Å². The summed E-state index contributed by atoms with van der Waals surface area (Å²) in [5, 5.41) is 11.8. The van der Waals surface area contributed by atoms with Crippen molar-refractivity contribution in [2.75, 3.05) is 18.4 Å². The molecule has 1 amide bonds. The molecule has 9 heteroatoms. The molecular weight excluding hydrogens is 432 g/mol. The molecule has 0 aliphatic carbocycles. The summed E-state index contributed by atoms with van der Waals surface area (Å²) < 4.78 is 7.83. The van der Waals surface area contributed by atoms with Crippen LogP contribution in [-0.2, 0) is 0 Å². The molecule has 0 radical (unpaired) electrons. The zero-order valence-corrected chi connectivity index (χ0v) is 19.2. The number of carbonyl (C=O) groups is 1. The molecule has 1 aliphatic heterocycles. The number of pyridine rings is 1. The molecule has 5 rings (SSSR count). The van der Waals surface area contributed by atoms with E-state index in [4.69, 9.17) is 4.42 Å². The SMILES string of the molecule is CC(C)n1cnnc1-c1cccc(Nc2cccc3oc(C(=O)N4CCCCC4)cc(=O)c23)n1. The number of nitrogens with one attached hydrogen (secondary N) is 1. The predicted octanol–water partition coefficient (Wildman–Crippen LogP) is 4.40. The van der Waals surface area contributed by atoms with Crippen molar-refractivity contribution in [1.29, 1.82) is 0 Å². The number of hydrogen-bond donors (Lipinski definition) is 1. The number of rotatable bonds is 5. The van der Waals surface area contributed by atoms with Gasteiger partial charge in [-0.3, -0.25) is 9.59 Å². The van der Waals surface area contributed by atoms with E-state index >= 15 is 0 Å². The molecule has 1 aromatic carbocycles. The van der Waals surface area contributed by atoms with E-state index in [2.05, 4.69) is 34.3 Å². The van der Waals surface area contributed by atoms with E-state index in [1.807, 2.05) is 22.8 Å². The Morgan fingerprint density at radius 2 is 1.88 bits per heavy atom. The highest BCUT2D eigenvalue weighted by molar-refractivity contribution is 5.96. The van der Waals surface area contributed by atoms with Crippen LogP contribution in [0.15, 0.2) is 58.0 Å². The largest absolute Gasteiger partial charge is 0.451 e.